The number of amides is 6. The number of hydrogen-bond acceptors (Lipinski definition) is 24. The largest absolute Gasteiger partial charge is 0.481 e. The highest BCUT2D eigenvalue weighted by Gasteiger charge is 2.26. The summed E-state index contributed by atoms with van der Waals surface area (Å²) in [6.07, 6.45) is 0. The molecule has 0 bridgehead atoms. The fourth-order valence-corrected chi connectivity index (χ4v) is 9.42. The summed E-state index contributed by atoms with van der Waals surface area (Å²) in [6, 6.07) is 16.4. The Balaban J connectivity index is 0.000000254. The van der Waals surface area contributed by atoms with Gasteiger partial charge < -0.3 is 28.4 Å². The van der Waals surface area contributed by atoms with Gasteiger partial charge in [0.05, 0.1) is 70.1 Å². The molecule has 0 saturated heterocycles. The minimum absolute atomic E-state index is 0.00882. The second-order valence-corrected chi connectivity index (χ2v) is 20.1. The number of ether oxygens (including phenoxy) is 6. The van der Waals surface area contributed by atoms with Gasteiger partial charge in [0.15, 0.2) is 0 Å². The number of carbonyl (C=O) groups is 5. The Kier molecular flexibility index (Phi) is 22.5. The summed E-state index contributed by atoms with van der Waals surface area (Å²) in [5.74, 6) is -2.20. The summed E-state index contributed by atoms with van der Waals surface area (Å²) in [6.45, 7) is 3.21. The molecule has 6 amide bonds. The third-order valence-corrected chi connectivity index (χ3v) is 13.4. The normalized spacial score (nSPS) is 10.8. The van der Waals surface area contributed by atoms with Crippen LogP contribution in [0.15, 0.2) is 94.7 Å². The molecular weight excluding hydrogens is 1140 g/mol. The first kappa shape index (κ1) is 61.8. The van der Waals surface area contributed by atoms with Crippen LogP contribution in [0.1, 0.15) is 39.0 Å². The second kappa shape index (κ2) is 28.4. The van der Waals surface area contributed by atoms with Crippen molar-refractivity contribution in [3.8, 4) is 23.7 Å². The summed E-state index contributed by atoms with van der Waals surface area (Å²) in [7, 11) is -6.08. The van der Waals surface area contributed by atoms with Gasteiger partial charge >= 0.3 is 36.0 Å². The van der Waals surface area contributed by atoms with Gasteiger partial charge in [0, 0.05) is 6.07 Å². The maximum atomic E-state index is 12.5. The molecule has 3 aromatic heterocycles. The fraction of sp³-hybridized carbons (Fsp3) is 0.209. The molecule has 0 atom stereocenters. The van der Waals surface area contributed by atoms with Crippen molar-refractivity contribution < 1.29 is 77.6 Å². The van der Waals surface area contributed by atoms with Crippen LogP contribution in [0.5, 0.6) is 23.7 Å². The maximum absolute atomic E-state index is 12.5. The minimum Gasteiger partial charge on any atom is -0.481 e. The SMILES string of the molecule is CCOC(=O)c1ccccc1S(=O)(=O)NC(=O)Nc1nc(Cl)cc(OC)n1.COC(=O)c1ccccc1CS(=O)(=O)NC(=O)Nc1nc(OC)cc(OC)n1.COc1nc(C)nc(NC(=O)NS(=O)(=O)c2ccccc2Cl)n1. The Labute approximate surface area is 454 Å². The Hall–Kier alpha value is -8.79. The number of urea groups is 3. The van der Waals surface area contributed by atoms with Gasteiger partial charge in [-0.3, -0.25) is 16.0 Å². The van der Waals surface area contributed by atoms with Crippen LogP contribution in [0.25, 0.3) is 0 Å². The summed E-state index contributed by atoms with van der Waals surface area (Å²) < 4.78 is 108. The highest BCUT2D eigenvalue weighted by Crippen LogP contribution is 2.22. The van der Waals surface area contributed by atoms with Crippen LogP contribution >= 0.6 is 23.2 Å². The molecule has 3 heterocycles. The van der Waals surface area contributed by atoms with Crippen molar-refractivity contribution in [2.45, 2.75) is 29.4 Å². The van der Waals surface area contributed by atoms with Crippen LogP contribution < -0.4 is 49.1 Å². The van der Waals surface area contributed by atoms with Crippen LogP contribution in [0.3, 0.4) is 0 Å². The number of methoxy groups -OCH3 is 5. The van der Waals surface area contributed by atoms with Crippen LogP contribution in [-0.2, 0) is 45.3 Å². The topological polar surface area (TPSA) is 406 Å². The number of anilines is 3. The fourth-order valence-electron chi connectivity index (χ4n) is 5.64. The third kappa shape index (κ3) is 18.8. The van der Waals surface area contributed by atoms with Gasteiger partial charge in [-0.05, 0) is 49.7 Å². The molecule has 3 aromatic carbocycles. The predicted molar refractivity (Wildman–Crippen MR) is 275 cm³/mol. The van der Waals surface area contributed by atoms with E-state index in [4.69, 9.17) is 46.9 Å². The number of nitrogens with one attached hydrogen (secondary N) is 6. The van der Waals surface area contributed by atoms with Gasteiger partial charge in [-0.25, -0.2) is 68.4 Å². The van der Waals surface area contributed by atoms with Crippen LogP contribution in [0, 0.1) is 6.92 Å². The first-order chi connectivity index (χ1) is 36.8. The zero-order chi connectivity index (χ0) is 57.8. The maximum Gasteiger partial charge on any atom is 0.339 e. The van der Waals surface area contributed by atoms with Gasteiger partial charge in [0.1, 0.15) is 20.8 Å². The van der Waals surface area contributed by atoms with Gasteiger partial charge in [0.2, 0.25) is 45.5 Å². The average molecular weight is 1180 g/mol. The van der Waals surface area contributed by atoms with E-state index in [2.05, 4.69) is 55.6 Å². The molecule has 30 nitrogen and oxygen atoms in total. The molecule has 0 fully saturated rings. The monoisotopic (exact) mass is 1180 g/mol. The van der Waals surface area contributed by atoms with E-state index in [1.165, 1.54) is 102 Å². The van der Waals surface area contributed by atoms with E-state index in [1.807, 2.05) is 9.44 Å². The third-order valence-electron chi connectivity index (χ3n) is 8.83. The van der Waals surface area contributed by atoms with E-state index >= 15 is 0 Å². The Morgan fingerprint density at radius 1 is 0.526 bits per heavy atom. The smallest absolute Gasteiger partial charge is 0.339 e. The average Bonchev–Trinajstić information content (AvgIpc) is 3.39. The van der Waals surface area contributed by atoms with Crippen LogP contribution in [-0.4, -0.2) is 132 Å². The Morgan fingerprint density at radius 3 is 1.54 bits per heavy atom. The molecule has 0 aliphatic carbocycles. The number of esters is 2. The van der Waals surface area contributed by atoms with Gasteiger partial charge in [0.25, 0.3) is 20.0 Å². The number of rotatable bonds is 17. The second-order valence-electron chi connectivity index (χ2n) is 14.3. The summed E-state index contributed by atoms with van der Waals surface area (Å²) >= 11 is 11.6. The zero-order valence-corrected chi connectivity index (χ0v) is 45.5. The molecule has 0 aliphatic rings. The van der Waals surface area contributed by atoms with Crippen molar-refractivity contribution in [3.63, 3.8) is 0 Å². The summed E-state index contributed by atoms with van der Waals surface area (Å²) in [5, 5.41) is 6.46. The van der Waals surface area contributed by atoms with Gasteiger partial charge in [-0.15, -0.1) is 0 Å². The Bertz CT molecular complexity index is 3490. The highest BCUT2D eigenvalue weighted by atomic mass is 35.5. The first-order valence-corrected chi connectivity index (χ1v) is 26.7. The lowest BCUT2D eigenvalue weighted by molar-refractivity contribution is 0.0520. The molecule has 0 unspecified atom stereocenters. The van der Waals surface area contributed by atoms with E-state index in [9.17, 15) is 49.2 Å². The lowest BCUT2D eigenvalue weighted by Gasteiger charge is -2.11. The van der Waals surface area contributed by atoms with E-state index in [-0.39, 0.29) is 79.9 Å². The molecule has 6 rings (SSSR count). The van der Waals surface area contributed by atoms with E-state index in [0.717, 1.165) is 0 Å². The molecule has 78 heavy (non-hydrogen) atoms. The molecule has 0 spiro atoms. The quantitative estimate of drug-likeness (QED) is 0.0552. The molecule has 0 saturated carbocycles. The molecular formula is C43H45Cl2N13O17S3. The van der Waals surface area contributed by atoms with E-state index < -0.39 is 70.8 Å². The minimum atomic E-state index is -4.38. The Morgan fingerprint density at radius 2 is 1.00 bits per heavy atom. The number of benzene rings is 3. The molecule has 0 radical (unpaired) electrons. The highest BCUT2D eigenvalue weighted by molar-refractivity contribution is 7.90. The molecule has 6 N–H and O–H groups in total. The number of hydrogen-bond donors (Lipinski definition) is 6. The lowest BCUT2D eigenvalue weighted by atomic mass is 10.1. The summed E-state index contributed by atoms with van der Waals surface area (Å²) in [4.78, 5) is 85.7. The number of carbonyl (C=O) groups excluding carboxylic acids is 5. The standard InChI is InChI=1S/C16H18N4O7S.C15H15ClN4O6S.C12H12ClN5O4S/c1-25-12-8-13(26-2)18-15(17-12)19-16(22)20-28(23,24)9-10-6-4-5-7-11(10)14(21)27-3;1-3-26-13(21)9-6-4-5-7-10(9)27(23,24)20-15(22)19-14-17-11(16)8-12(18-14)25-2;1-7-14-10(17-12(15-7)22-2)16-11(19)18-23(20,21)9-6-4-3-5-8(9)13/h4-8H,9H2,1-3H3,(H2,17,18,19,20,22);4-8H,3H2,1-2H3,(H2,17,18,19,20,22);3-6H,1-2H3,(H2,14,15,16,17,18,19). The van der Waals surface area contributed by atoms with Crippen LogP contribution in [0.4, 0.5) is 32.2 Å². The first-order valence-electron chi connectivity index (χ1n) is 21.3. The predicted octanol–water partition coefficient (Wildman–Crippen LogP) is 4.11. The van der Waals surface area contributed by atoms with Crippen molar-refractivity contribution in [2.75, 3.05) is 58.1 Å². The number of aromatic nitrogens is 7. The molecule has 35 heteroatoms. The van der Waals surface area contributed by atoms with Crippen molar-refractivity contribution in [1.29, 1.82) is 0 Å². The van der Waals surface area contributed by atoms with E-state index in [1.54, 1.807) is 36.8 Å². The van der Waals surface area contributed by atoms with Gasteiger partial charge in [-0.2, -0.15) is 29.9 Å². The lowest BCUT2D eigenvalue weighted by Crippen LogP contribution is -2.36. The van der Waals surface area contributed by atoms with Crippen molar-refractivity contribution in [2.24, 2.45) is 0 Å². The van der Waals surface area contributed by atoms with Crippen LogP contribution in [0.2, 0.25) is 10.2 Å². The number of nitrogens with zero attached hydrogens (tertiary/aromatic N) is 7. The molecule has 416 valence electrons. The molecule has 6 aromatic rings. The van der Waals surface area contributed by atoms with Crippen molar-refractivity contribution in [3.05, 3.63) is 118 Å². The van der Waals surface area contributed by atoms with Gasteiger partial charge in [-0.1, -0.05) is 65.7 Å². The van der Waals surface area contributed by atoms with Crippen molar-refractivity contribution >= 4 is 101 Å². The number of aryl methyl sites for hydroxylation is 1. The zero-order valence-electron chi connectivity index (χ0n) is 41.5. The summed E-state index contributed by atoms with van der Waals surface area (Å²) in [5.41, 5.74) is 0.0472. The number of sulfonamides is 3. The number of halogens is 2. The van der Waals surface area contributed by atoms with E-state index in [0.29, 0.717) is 5.82 Å². The van der Waals surface area contributed by atoms with Crippen molar-refractivity contribution in [1.82, 2.24) is 49.1 Å². The molecule has 0 aliphatic heterocycles.